The molecule has 28 heavy (non-hydrogen) atoms. The SMILES string of the molecule is CN(C)c1ncc(C(=O)NCCN2CCCC2)c(C2CCN(S(C)(=O)=O)C2)n1. The van der Waals surface area contributed by atoms with Gasteiger partial charge in [-0.15, -0.1) is 0 Å². The molecule has 156 valence electrons. The summed E-state index contributed by atoms with van der Waals surface area (Å²) in [6.07, 6.45) is 5.86. The van der Waals surface area contributed by atoms with Crippen LogP contribution in [0, 0.1) is 0 Å². The van der Waals surface area contributed by atoms with E-state index >= 15 is 0 Å². The second kappa shape index (κ2) is 8.71. The van der Waals surface area contributed by atoms with Gasteiger partial charge in [-0.25, -0.2) is 22.7 Å². The minimum atomic E-state index is -3.25. The van der Waals surface area contributed by atoms with Crippen molar-refractivity contribution in [1.82, 2.24) is 24.5 Å². The van der Waals surface area contributed by atoms with Crippen molar-refractivity contribution >= 4 is 21.9 Å². The van der Waals surface area contributed by atoms with Gasteiger partial charge in [0.2, 0.25) is 16.0 Å². The highest BCUT2D eigenvalue weighted by Gasteiger charge is 2.33. The highest BCUT2D eigenvalue weighted by Crippen LogP contribution is 2.30. The fourth-order valence-corrected chi connectivity index (χ4v) is 4.66. The van der Waals surface area contributed by atoms with E-state index in [0.29, 0.717) is 43.3 Å². The highest BCUT2D eigenvalue weighted by atomic mass is 32.2. The van der Waals surface area contributed by atoms with E-state index in [4.69, 9.17) is 0 Å². The molecule has 1 aromatic heterocycles. The van der Waals surface area contributed by atoms with Gasteiger partial charge in [-0.05, 0) is 32.4 Å². The molecule has 0 aliphatic carbocycles. The van der Waals surface area contributed by atoms with Crippen LogP contribution >= 0.6 is 0 Å². The second-order valence-electron chi connectivity index (χ2n) is 7.77. The van der Waals surface area contributed by atoms with E-state index in [0.717, 1.165) is 19.6 Å². The first-order chi connectivity index (χ1) is 13.3. The van der Waals surface area contributed by atoms with Gasteiger partial charge in [0.15, 0.2) is 0 Å². The van der Waals surface area contributed by atoms with E-state index in [2.05, 4.69) is 20.2 Å². The average Bonchev–Trinajstić information content (AvgIpc) is 3.32. The van der Waals surface area contributed by atoms with Crippen LogP contribution in [0.25, 0.3) is 0 Å². The number of likely N-dealkylation sites (tertiary alicyclic amines) is 1. The van der Waals surface area contributed by atoms with Crippen LogP contribution in [0.4, 0.5) is 5.95 Å². The van der Waals surface area contributed by atoms with Gasteiger partial charge in [0, 0.05) is 52.4 Å². The van der Waals surface area contributed by atoms with Crippen LogP contribution in [0.2, 0.25) is 0 Å². The summed E-state index contributed by atoms with van der Waals surface area (Å²) in [6.45, 7) is 4.38. The first-order valence-electron chi connectivity index (χ1n) is 9.75. The molecule has 9 nitrogen and oxygen atoms in total. The molecule has 1 atom stereocenters. The molecule has 0 bridgehead atoms. The van der Waals surface area contributed by atoms with E-state index < -0.39 is 10.0 Å². The fourth-order valence-electron chi connectivity index (χ4n) is 3.77. The van der Waals surface area contributed by atoms with Gasteiger partial charge in [-0.2, -0.15) is 0 Å². The Morgan fingerprint density at radius 2 is 2.00 bits per heavy atom. The average molecular weight is 411 g/mol. The first kappa shape index (κ1) is 20.9. The van der Waals surface area contributed by atoms with Crippen LogP contribution in [0.3, 0.4) is 0 Å². The minimum Gasteiger partial charge on any atom is -0.351 e. The smallest absolute Gasteiger partial charge is 0.254 e. The molecule has 1 amide bonds. The van der Waals surface area contributed by atoms with Gasteiger partial charge in [0.05, 0.1) is 17.5 Å². The molecule has 0 saturated carbocycles. The summed E-state index contributed by atoms with van der Waals surface area (Å²) in [5, 5.41) is 2.97. The Kier molecular flexibility index (Phi) is 6.51. The molecule has 3 heterocycles. The molecular formula is C18H30N6O3S. The van der Waals surface area contributed by atoms with E-state index in [1.807, 2.05) is 14.1 Å². The maximum Gasteiger partial charge on any atom is 0.254 e. The Labute approximate surface area is 167 Å². The largest absolute Gasteiger partial charge is 0.351 e. The number of hydrogen-bond acceptors (Lipinski definition) is 7. The number of carbonyl (C=O) groups is 1. The van der Waals surface area contributed by atoms with Crippen molar-refractivity contribution in [2.45, 2.75) is 25.2 Å². The lowest BCUT2D eigenvalue weighted by Crippen LogP contribution is -2.34. The van der Waals surface area contributed by atoms with Gasteiger partial charge in [-0.1, -0.05) is 0 Å². The normalized spacial score (nSPS) is 21.2. The summed E-state index contributed by atoms with van der Waals surface area (Å²) in [5.41, 5.74) is 1.07. The van der Waals surface area contributed by atoms with E-state index in [1.165, 1.54) is 23.4 Å². The van der Waals surface area contributed by atoms with Crippen molar-refractivity contribution in [3.8, 4) is 0 Å². The summed E-state index contributed by atoms with van der Waals surface area (Å²) in [5.74, 6) is 0.203. The lowest BCUT2D eigenvalue weighted by atomic mass is 10.00. The third-order valence-corrected chi connectivity index (χ3v) is 6.64. The van der Waals surface area contributed by atoms with Crippen molar-refractivity contribution in [3.05, 3.63) is 17.5 Å². The Morgan fingerprint density at radius 3 is 2.61 bits per heavy atom. The van der Waals surface area contributed by atoms with Crippen molar-refractivity contribution < 1.29 is 13.2 Å². The first-order valence-corrected chi connectivity index (χ1v) is 11.6. The monoisotopic (exact) mass is 410 g/mol. The summed E-state index contributed by atoms with van der Waals surface area (Å²) < 4.78 is 25.2. The molecule has 2 saturated heterocycles. The molecule has 0 radical (unpaired) electrons. The van der Waals surface area contributed by atoms with Crippen LogP contribution in [0.15, 0.2) is 6.20 Å². The highest BCUT2D eigenvalue weighted by molar-refractivity contribution is 7.88. The Morgan fingerprint density at radius 1 is 1.29 bits per heavy atom. The molecule has 1 N–H and O–H groups in total. The Balaban J connectivity index is 1.75. The Bertz CT molecular complexity index is 808. The lowest BCUT2D eigenvalue weighted by molar-refractivity contribution is 0.0947. The van der Waals surface area contributed by atoms with E-state index in [9.17, 15) is 13.2 Å². The zero-order valence-electron chi connectivity index (χ0n) is 16.9. The quantitative estimate of drug-likeness (QED) is 0.681. The predicted octanol–water partition coefficient (Wildman–Crippen LogP) is 0.117. The summed E-state index contributed by atoms with van der Waals surface area (Å²) in [6, 6.07) is 0. The number of nitrogens with one attached hydrogen (secondary N) is 1. The van der Waals surface area contributed by atoms with Gasteiger partial charge in [0.1, 0.15) is 0 Å². The molecule has 2 fully saturated rings. The number of aromatic nitrogens is 2. The molecule has 2 aliphatic rings. The van der Waals surface area contributed by atoms with Gasteiger partial charge < -0.3 is 15.1 Å². The van der Waals surface area contributed by atoms with Gasteiger partial charge in [-0.3, -0.25) is 4.79 Å². The van der Waals surface area contributed by atoms with Gasteiger partial charge in [0.25, 0.3) is 5.91 Å². The zero-order valence-corrected chi connectivity index (χ0v) is 17.7. The second-order valence-corrected chi connectivity index (χ2v) is 9.76. The molecule has 0 spiro atoms. The van der Waals surface area contributed by atoms with Gasteiger partial charge >= 0.3 is 0 Å². The van der Waals surface area contributed by atoms with Crippen molar-refractivity contribution in [2.75, 3.05) is 64.5 Å². The molecule has 1 aromatic rings. The number of hydrogen-bond donors (Lipinski definition) is 1. The number of sulfonamides is 1. The molecular weight excluding hydrogens is 380 g/mol. The van der Waals surface area contributed by atoms with Crippen molar-refractivity contribution in [3.63, 3.8) is 0 Å². The lowest BCUT2D eigenvalue weighted by Gasteiger charge is -2.19. The third kappa shape index (κ3) is 4.98. The number of amides is 1. The molecule has 1 unspecified atom stereocenters. The van der Waals surface area contributed by atoms with Crippen molar-refractivity contribution in [1.29, 1.82) is 0 Å². The van der Waals surface area contributed by atoms with Crippen LogP contribution < -0.4 is 10.2 Å². The molecule has 0 aromatic carbocycles. The molecule has 2 aliphatic heterocycles. The third-order valence-electron chi connectivity index (χ3n) is 5.37. The number of anilines is 1. The molecule has 3 rings (SSSR count). The predicted molar refractivity (Wildman–Crippen MR) is 108 cm³/mol. The van der Waals surface area contributed by atoms with E-state index in [-0.39, 0.29) is 11.8 Å². The summed E-state index contributed by atoms with van der Waals surface area (Å²) in [4.78, 5) is 25.8. The van der Waals surface area contributed by atoms with Crippen LogP contribution in [-0.4, -0.2) is 93.1 Å². The standard InChI is InChI=1S/C18H30N6O3S/c1-22(2)18-20-12-15(17(25)19-7-11-23-8-4-5-9-23)16(21-18)14-6-10-24(13-14)28(3,26)27/h12,14H,4-11,13H2,1-3H3,(H,19,25). The number of carbonyl (C=O) groups excluding carboxylic acids is 1. The summed E-state index contributed by atoms with van der Waals surface area (Å²) >= 11 is 0. The number of nitrogens with zero attached hydrogens (tertiary/aromatic N) is 5. The van der Waals surface area contributed by atoms with Crippen LogP contribution in [-0.2, 0) is 10.0 Å². The van der Waals surface area contributed by atoms with E-state index in [1.54, 1.807) is 11.1 Å². The maximum atomic E-state index is 12.8. The van der Waals surface area contributed by atoms with Crippen molar-refractivity contribution in [2.24, 2.45) is 0 Å². The van der Waals surface area contributed by atoms with Crippen LogP contribution in [0.5, 0.6) is 0 Å². The number of rotatable bonds is 7. The summed E-state index contributed by atoms with van der Waals surface area (Å²) in [7, 11) is 0.426. The maximum absolute atomic E-state index is 12.8. The fraction of sp³-hybridized carbons (Fsp3) is 0.722. The Hall–Kier alpha value is -1.78. The van der Waals surface area contributed by atoms with Crippen LogP contribution in [0.1, 0.15) is 41.2 Å². The minimum absolute atomic E-state index is 0.115. The zero-order chi connectivity index (χ0) is 20.3. The topological polar surface area (TPSA) is 98.7 Å². The molecule has 10 heteroatoms.